The van der Waals surface area contributed by atoms with E-state index >= 15 is 0 Å². The van der Waals surface area contributed by atoms with Gasteiger partial charge >= 0.3 is 0 Å². The lowest BCUT2D eigenvalue weighted by Gasteiger charge is -2.06. The van der Waals surface area contributed by atoms with Gasteiger partial charge in [0.1, 0.15) is 11.6 Å². The molecule has 1 aliphatic rings. The van der Waals surface area contributed by atoms with Gasteiger partial charge in [-0.1, -0.05) is 31.2 Å². The Kier molecular flexibility index (Phi) is 5.34. The molecule has 4 aromatic rings. The Hall–Kier alpha value is -2.96. The molecular formula is C24H28N6. The monoisotopic (exact) mass is 400 g/mol. The van der Waals surface area contributed by atoms with E-state index in [0.717, 1.165) is 66.4 Å². The Bertz CT molecular complexity index is 1140. The minimum Gasteiger partial charge on any atom is -0.347 e. The maximum atomic E-state index is 4.84. The van der Waals surface area contributed by atoms with Crippen molar-refractivity contribution in [3.05, 3.63) is 60.3 Å². The standard InChI is InChI=1S/C24H28N6/c1-2-10-25-15-23-28-19-9-8-17(13-21(19)29-23)16-5-3-6-18(12-16)22-14-27-24(30-22)20-7-4-11-26-20/h3,5-6,8-9,12-14,20,25-26H,2,4,7,10-11,15H2,1H3,(H,27,30)(H,28,29)/t20-/m0/s1. The van der Waals surface area contributed by atoms with Crippen molar-refractivity contribution in [1.29, 1.82) is 0 Å². The molecule has 2 aromatic carbocycles. The van der Waals surface area contributed by atoms with E-state index in [1.807, 2.05) is 6.20 Å². The highest BCUT2D eigenvalue weighted by molar-refractivity contribution is 5.83. The van der Waals surface area contributed by atoms with Crippen LogP contribution >= 0.6 is 0 Å². The van der Waals surface area contributed by atoms with E-state index < -0.39 is 0 Å². The summed E-state index contributed by atoms with van der Waals surface area (Å²) in [6.07, 6.45) is 5.49. The van der Waals surface area contributed by atoms with Gasteiger partial charge in [0.2, 0.25) is 0 Å². The molecule has 1 saturated heterocycles. The minimum absolute atomic E-state index is 0.353. The van der Waals surface area contributed by atoms with E-state index in [2.05, 4.69) is 75.0 Å². The first-order valence-corrected chi connectivity index (χ1v) is 10.9. The number of rotatable bonds is 7. The second-order valence-electron chi connectivity index (χ2n) is 7.99. The van der Waals surface area contributed by atoms with E-state index in [4.69, 9.17) is 4.98 Å². The molecule has 0 aliphatic carbocycles. The number of aromatic amines is 2. The molecule has 4 N–H and O–H groups in total. The maximum absolute atomic E-state index is 4.84. The van der Waals surface area contributed by atoms with Crippen molar-refractivity contribution in [2.24, 2.45) is 0 Å². The van der Waals surface area contributed by atoms with Gasteiger partial charge in [0.25, 0.3) is 0 Å². The van der Waals surface area contributed by atoms with Gasteiger partial charge in [0.15, 0.2) is 0 Å². The zero-order chi connectivity index (χ0) is 20.3. The zero-order valence-electron chi connectivity index (χ0n) is 17.3. The number of nitrogens with zero attached hydrogens (tertiary/aromatic N) is 2. The van der Waals surface area contributed by atoms with Gasteiger partial charge in [-0.2, -0.15) is 0 Å². The lowest BCUT2D eigenvalue weighted by Crippen LogP contribution is -2.14. The molecule has 0 spiro atoms. The topological polar surface area (TPSA) is 81.4 Å². The number of nitrogens with one attached hydrogen (secondary N) is 4. The highest BCUT2D eigenvalue weighted by atomic mass is 15.0. The van der Waals surface area contributed by atoms with Crippen molar-refractivity contribution in [2.75, 3.05) is 13.1 Å². The van der Waals surface area contributed by atoms with Crippen molar-refractivity contribution in [3.8, 4) is 22.4 Å². The summed E-state index contributed by atoms with van der Waals surface area (Å²) >= 11 is 0. The lowest BCUT2D eigenvalue weighted by molar-refractivity contribution is 0.613. The summed E-state index contributed by atoms with van der Waals surface area (Å²) in [5.41, 5.74) is 6.55. The summed E-state index contributed by atoms with van der Waals surface area (Å²) in [7, 11) is 0. The highest BCUT2D eigenvalue weighted by Crippen LogP contribution is 2.29. The summed E-state index contributed by atoms with van der Waals surface area (Å²) in [4.78, 5) is 16.3. The Labute approximate surface area is 176 Å². The van der Waals surface area contributed by atoms with Crippen LogP contribution in [0.4, 0.5) is 0 Å². The Morgan fingerprint density at radius 1 is 1.07 bits per heavy atom. The Morgan fingerprint density at radius 2 is 1.97 bits per heavy atom. The predicted octanol–water partition coefficient (Wildman–Crippen LogP) is 4.54. The van der Waals surface area contributed by atoms with Gasteiger partial charge in [-0.05, 0) is 61.7 Å². The molecule has 0 radical (unpaired) electrons. The van der Waals surface area contributed by atoms with Crippen LogP contribution in [0.5, 0.6) is 0 Å². The quantitative estimate of drug-likeness (QED) is 0.343. The number of fused-ring (bicyclic) bond motifs is 1. The molecule has 2 aromatic heterocycles. The van der Waals surface area contributed by atoms with Crippen LogP contribution in [0, 0.1) is 0 Å². The molecule has 0 saturated carbocycles. The summed E-state index contributed by atoms with van der Waals surface area (Å²) in [6.45, 7) is 5.01. The molecule has 6 heteroatoms. The summed E-state index contributed by atoms with van der Waals surface area (Å²) in [5, 5.41) is 6.90. The number of benzene rings is 2. The van der Waals surface area contributed by atoms with E-state index in [-0.39, 0.29) is 0 Å². The smallest absolute Gasteiger partial charge is 0.124 e. The molecule has 0 amide bonds. The molecule has 5 rings (SSSR count). The van der Waals surface area contributed by atoms with Gasteiger partial charge in [0, 0.05) is 11.8 Å². The van der Waals surface area contributed by atoms with Crippen LogP contribution in [0.15, 0.2) is 48.7 Å². The predicted molar refractivity (Wildman–Crippen MR) is 121 cm³/mol. The van der Waals surface area contributed by atoms with Gasteiger partial charge in [-0.3, -0.25) is 0 Å². The fraction of sp³-hybridized carbons (Fsp3) is 0.333. The third-order valence-electron chi connectivity index (χ3n) is 5.73. The molecule has 6 nitrogen and oxygen atoms in total. The number of hydrogen-bond donors (Lipinski definition) is 4. The molecule has 0 bridgehead atoms. The second kappa shape index (κ2) is 8.42. The van der Waals surface area contributed by atoms with Crippen molar-refractivity contribution in [1.82, 2.24) is 30.6 Å². The maximum Gasteiger partial charge on any atom is 0.124 e. The SMILES string of the molecule is CCCNCc1nc2ccc(-c3cccc(-c4c[nH]c([C@@H]5CCCN5)n4)c3)cc2[nH]1. The first-order valence-electron chi connectivity index (χ1n) is 10.9. The van der Waals surface area contributed by atoms with E-state index in [0.29, 0.717) is 6.04 Å². The normalized spacial score (nSPS) is 16.5. The van der Waals surface area contributed by atoms with Crippen molar-refractivity contribution < 1.29 is 0 Å². The van der Waals surface area contributed by atoms with Crippen molar-refractivity contribution in [3.63, 3.8) is 0 Å². The van der Waals surface area contributed by atoms with Crippen LogP contribution in [0.3, 0.4) is 0 Å². The highest BCUT2D eigenvalue weighted by Gasteiger charge is 2.19. The molecule has 154 valence electrons. The zero-order valence-corrected chi connectivity index (χ0v) is 17.3. The van der Waals surface area contributed by atoms with Crippen molar-refractivity contribution >= 4 is 11.0 Å². The van der Waals surface area contributed by atoms with Crippen LogP contribution in [0.25, 0.3) is 33.4 Å². The molecule has 1 fully saturated rings. The first kappa shape index (κ1) is 19.0. The van der Waals surface area contributed by atoms with E-state index in [9.17, 15) is 0 Å². The Morgan fingerprint density at radius 3 is 2.83 bits per heavy atom. The minimum atomic E-state index is 0.353. The fourth-order valence-electron chi connectivity index (χ4n) is 4.15. The van der Waals surface area contributed by atoms with Crippen LogP contribution in [0.1, 0.15) is 43.9 Å². The lowest BCUT2D eigenvalue weighted by atomic mass is 10.0. The largest absolute Gasteiger partial charge is 0.347 e. The average Bonchev–Trinajstić information content (AvgIpc) is 3.53. The van der Waals surface area contributed by atoms with E-state index in [1.54, 1.807) is 0 Å². The third-order valence-corrected chi connectivity index (χ3v) is 5.73. The number of hydrogen-bond acceptors (Lipinski definition) is 4. The molecule has 30 heavy (non-hydrogen) atoms. The van der Waals surface area contributed by atoms with Gasteiger partial charge in [0.05, 0.1) is 29.3 Å². The Balaban J connectivity index is 1.40. The van der Waals surface area contributed by atoms with Gasteiger partial charge < -0.3 is 20.6 Å². The first-order chi connectivity index (χ1) is 14.8. The van der Waals surface area contributed by atoms with Gasteiger partial charge in [-0.25, -0.2) is 9.97 Å². The van der Waals surface area contributed by atoms with E-state index in [1.165, 1.54) is 17.5 Å². The van der Waals surface area contributed by atoms with Crippen LogP contribution in [0.2, 0.25) is 0 Å². The molecule has 3 heterocycles. The average molecular weight is 401 g/mol. The van der Waals surface area contributed by atoms with Crippen LogP contribution in [-0.2, 0) is 6.54 Å². The van der Waals surface area contributed by atoms with Crippen molar-refractivity contribution in [2.45, 2.75) is 38.8 Å². The molecule has 1 atom stereocenters. The third kappa shape index (κ3) is 3.88. The second-order valence-corrected chi connectivity index (χ2v) is 7.99. The number of aromatic nitrogens is 4. The number of H-pyrrole nitrogens is 2. The fourth-order valence-corrected chi connectivity index (χ4v) is 4.15. The summed E-state index contributed by atoms with van der Waals surface area (Å²) < 4.78 is 0. The van der Waals surface area contributed by atoms with Crippen LogP contribution in [-0.4, -0.2) is 33.0 Å². The summed E-state index contributed by atoms with van der Waals surface area (Å²) in [6, 6.07) is 15.4. The molecule has 0 unspecified atom stereocenters. The number of imidazole rings is 2. The molecular weight excluding hydrogens is 372 g/mol. The summed E-state index contributed by atoms with van der Waals surface area (Å²) in [5.74, 6) is 2.02. The van der Waals surface area contributed by atoms with Crippen LogP contribution < -0.4 is 10.6 Å². The molecule has 1 aliphatic heterocycles. The van der Waals surface area contributed by atoms with Gasteiger partial charge in [-0.15, -0.1) is 0 Å².